The van der Waals surface area contributed by atoms with Crippen molar-refractivity contribution in [1.29, 1.82) is 0 Å². The van der Waals surface area contributed by atoms with E-state index < -0.39 is 12.1 Å². The van der Waals surface area contributed by atoms with Gasteiger partial charge in [0.1, 0.15) is 5.01 Å². The summed E-state index contributed by atoms with van der Waals surface area (Å²) in [6.07, 6.45) is -1.37. The first-order chi connectivity index (χ1) is 8.54. The quantitative estimate of drug-likeness (QED) is 0.831. The van der Waals surface area contributed by atoms with Crippen LogP contribution in [0.5, 0.6) is 0 Å². The number of hydrogen-bond acceptors (Lipinski definition) is 4. The molecule has 1 aromatic heterocycles. The summed E-state index contributed by atoms with van der Waals surface area (Å²) in [6, 6.07) is 0. The smallest absolute Gasteiger partial charge is 0.347 e. The minimum atomic E-state index is -4.05. The van der Waals surface area contributed by atoms with Crippen LogP contribution in [0.1, 0.15) is 36.6 Å². The van der Waals surface area contributed by atoms with E-state index in [0.29, 0.717) is 19.0 Å². The summed E-state index contributed by atoms with van der Waals surface area (Å²) < 4.78 is 37.6. The Bertz CT molecular complexity index is 419. The molecule has 2 aliphatic rings. The van der Waals surface area contributed by atoms with Gasteiger partial charge in [-0.2, -0.15) is 13.2 Å². The van der Waals surface area contributed by atoms with E-state index in [1.54, 1.807) is 11.3 Å². The lowest BCUT2D eigenvalue weighted by molar-refractivity contribution is -0.179. The number of hydrogen-bond donors (Lipinski definition) is 0. The summed E-state index contributed by atoms with van der Waals surface area (Å²) in [4.78, 5) is 1.94. The van der Waals surface area contributed by atoms with E-state index >= 15 is 0 Å². The monoisotopic (exact) mass is 277 g/mol. The molecule has 0 aromatic carbocycles. The highest BCUT2D eigenvalue weighted by Gasteiger charge is 2.41. The predicted molar refractivity (Wildman–Crippen MR) is 62.9 cm³/mol. The summed E-state index contributed by atoms with van der Waals surface area (Å²) >= 11 is 1.54. The van der Waals surface area contributed by atoms with E-state index in [9.17, 15) is 13.2 Å². The van der Waals surface area contributed by atoms with Crippen LogP contribution in [0.4, 0.5) is 18.3 Å². The van der Waals surface area contributed by atoms with E-state index in [-0.39, 0.29) is 12.8 Å². The van der Waals surface area contributed by atoms with E-state index in [1.807, 2.05) is 4.90 Å². The molecule has 1 saturated heterocycles. The molecule has 0 radical (unpaired) electrons. The van der Waals surface area contributed by atoms with Gasteiger partial charge in [0.25, 0.3) is 0 Å². The Labute approximate surface area is 107 Å². The first kappa shape index (κ1) is 12.2. The van der Waals surface area contributed by atoms with E-state index in [4.69, 9.17) is 0 Å². The maximum absolute atomic E-state index is 12.5. The fraction of sp³-hybridized carbons (Fsp3) is 0.818. The van der Waals surface area contributed by atoms with Crippen molar-refractivity contribution in [3.8, 4) is 0 Å². The van der Waals surface area contributed by atoms with Gasteiger partial charge in [-0.1, -0.05) is 11.3 Å². The molecule has 7 heteroatoms. The number of alkyl halides is 3. The molecule has 18 heavy (non-hydrogen) atoms. The predicted octanol–water partition coefficient (Wildman–Crippen LogP) is 3.19. The van der Waals surface area contributed by atoms with Gasteiger partial charge >= 0.3 is 6.18 Å². The zero-order valence-electron chi connectivity index (χ0n) is 9.78. The molecule has 1 aliphatic carbocycles. The molecule has 3 rings (SSSR count). The molecule has 100 valence electrons. The molecular formula is C11H14F3N3S. The van der Waals surface area contributed by atoms with Crippen LogP contribution < -0.4 is 4.90 Å². The molecule has 2 heterocycles. The molecule has 1 aromatic rings. The number of rotatable bonds is 2. The number of halogens is 3. The van der Waals surface area contributed by atoms with Gasteiger partial charge in [0.05, 0.1) is 5.92 Å². The molecule has 0 amide bonds. The van der Waals surface area contributed by atoms with Crippen LogP contribution in [0, 0.1) is 5.92 Å². The van der Waals surface area contributed by atoms with Gasteiger partial charge in [0.2, 0.25) is 5.13 Å². The average Bonchev–Trinajstić information content (AvgIpc) is 3.06. The second-order valence-corrected chi connectivity index (χ2v) is 5.99. The van der Waals surface area contributed by atoms with Gasteiger partial charge in [0.15, 0.2) is 0 Å². The Morgan fingerprint density at radius 1 is 1.06 bits per heavy atom. The second kappa shape index (κ2) is 4.36. The third-order valence-electron chi connectivity index (χ3n) is 3.58. The fourth-order valence-electron chi connectivity index (χ4n) is 2.25. The van der Waals surface area contributed by atoms with E-state index in [0.717, 1.165) is 10.1 Å². The van der Waals surface area contributed by atoms with Crippen LogP contribution in [-0.2, 0) is 0 Å². The lowest BCUT2D eigenvalue weighted by Gasteiger charge is -2.32. The Balaban J connectivity index is 1.61. The van der Waals surface area contributed by atoms with Crippen LogP contribution in [0.3, 0.4) is 0 Å². The fourth-order valence-corrected chi connectivity index (χ4v) is 3.31. The standard InChI is InChI=1S/C11H14F3N3S/c12-11(13,14)8-3-5-17(6-4-8)10-16-15-9(18-10)7-1-2-7/h7-8H,1-6H2. The van der Waals surface area contributed by atoms with Crippen LogP contribution in [-0.4, -0.2) is 29.5 Å². The van der Waals surface area contributed by atoms with Crippen molar-refractivity contribution < 1.29 is 13.2 Å². The van der Waals surface area contributed by atoms with Crippen LogP contribution >= 0.6 is 11.3 Å². The van der Waals surface area contributed by atoms with Crippen molar-refractivity contribution in [2.75, 3.05) is 18.0 Å². The summed E-state index contributed by atoms with van der Waals surface area (Å²) in [5.41, 5.74) is 0. The van der Waals surface area contributed by atoms with Gasteiger partial charge in [-0.15, -0.1) is 10.2 Å². The Morgan fingerprint density at radius 3 is 2.28 bits per heavy atom. The van der Waals surface area contributed by atoms with Crippen molar-refractivity contribution >= 4 is 16.5 Å². The average molecular weight is 277 g/mol. The van der Waals surface area contributed by atoms with Crippen LogP contribution in [0.25, 0.3) is 0 Å². The van der Waals surface area contributed by atoms with E-state index in [2.05, 4.69) is 10.2 Å². The number of nitrogens with zero attached hydrogens (tertiary/aromatic N) is 3. The molecule has 1 aliphatic heterocycles. The molecule has 1 saturated carbocycles. The summed E-state index contributed by atoms with van der Waals surface area (Å²) in [5, 5.41) is 10.1. The Kier molecular flexibility index (Phi) is 2.96. The van der Waals surface area contributed by atoms with E-state index in [1.165, 1.54) is 12.8 Å². The Morgan fingerprint density at radius 2 is 1.72 bits per heavy atom. The molecule has 3 nitrogen and oxygen atoms in total. The molecule has 0 atom stereocenters. The maximum atomic E-state index is 12.5. The zero-order valence-corrected chi connectivity index (χ0v) is 10.6. The topological polar surface area (TPSA) is 29.0 Å². The molecule has 2 fully saturated rings. The van der Waals surface area contributed by atoms with Crippen molar-refractivity contribution in [3.05, 3.63) is 5.01 Å². The summed E-state index contributed by atoms with van der Waals surface area (Å²) in [5.74, 6) is -0.589. The van der Waals surface area contributed by atoms with Crippen molar-refractivity contribution in [2.24, 2.45) is 5.92 Å². The third-order valence-corrected chi connectivity index (χ3v) is 4.73. The maximum Gasteiger partial charge on any atom is 0.391 e. The summed E-state index contributed by atoms with van der Waals surface area (Å²) in [7, 11) is 0. The second-order valence-electron chi connectivity index (χ2n) is 5.00. The van der Waals surface area contributed by atoms with Crippen molar-refractivity contribution in [1.82, 2.24) is 10.2 Å². The lowest BCUT2D eigenvalue weighted by atomic mass is 9.97. The molecule has 0 spiro atoms. The number of anilines is 1. The van der Waals surface area contributed by atoms with Crippen LogP contribution in [0.15, 0.2) is 0 Å². The highest BCUT2D eigenvalue weighted by atomic mass is 32.1. The number of aromatic nitrogens is 2. The molecule has 0 N–H and O–H groups in total. The lowest BCUT2D eigenvalue weighted by Crippen LogP contribution is -2.38. The Hall–Kier alpha value is -0.850. The molecule has 0 bridgehead atoms. The highest BCUT2D eigenvalue weighted by molar-refractivity contribution is 7.15. The van der Waals surface area contributed by atoms with Crippen molar-refractivity contribution in [2.45, 2.75) is 37.8 Å². The number of piperidine rings is 1. The van der Waals surface area contributed by atoms with Gasteiger partial charge < -0.3 is 4.90 Å². The summed E-state index contributed by atoms with van der Waals surface area (Å²) in [6.45, 7) is 0.868. The van der Waals surface area contributed by atoms with Crippen LogP contribution in [0.2, 0.25) is 0 Å². The van der Waals surface area contributed by atoms with Gasteiger partial charge in [-0.3, -0.25) is 0 Å². The van der Waals surface area contributed by atoms with Gasteiger partial charge in [-0.05, 0) is 25.7 Å². The molecular weight excluding hydrogens is 263 g/mol. The van der Waals surface area contributed by atoms with Crippen molar-refractivity contribution in [3.63, 3.8) is 0 Å². The van der Waals surface area contributed by atoms with Gasteiger partial charge in [0, 0.05) is 19.0 Å². The largest absolute Gasteiger partial charge is 0.391 e. The first-order valence-corrected chi connectivity index (χ1v) is 7.01. The minimum Gasteiger partial charge on any atom is -0.347 e. The normalized spacial score (nSPS) is 22.5. The van der Waals surface area contributed by atoms with Gasteiger partial charge in [-0.25, -0.2) is 0 Å². The third kappa shape index (κ3) is 2.46. The molecule has 0 unspecified atom stereocenters. The first-order valence-electron chi connectivity index (χ1n) is 6.19. The highest BCUT2D eigenvalue weighted by Crippen LogP contribution is 2.43. The zero-order chi connectivity index (χ0) is 12.8. The minimum absolute atomic E-state index is 0.168. The SMILES string of the molecule is FC(F)(F)C1CCN(c2nnc(C3CC3)s2)CC1.